The van der Waals surface area contributed by atoms with Gasteiger partial charge in [-0.2, -0.15) is 0 Å². The topological polar surface area (TPSA) is 86.7 Å². The van der Waals surface area contributed by atoms with E-state index < -0.39 is 17.9 Å². The first-order chi connectivity index (χ1) is 10.9. The molecule has 1 saturated heterocycles. The summed E-state index contributed by atoms with van der Waals surface area (Å²) >= 11 is 0. The molecule has 2 amide bonds. The number of aryl methyl sites for hydroxylation is 1. The van der Waals surface area contributed by atoms with Gasteiger partial charge in [0.05, 0.1) is 12.3 Å². The number of benzene rings is 1. The summed E-state index contributed by atoms with van der Waals surface area (Å²) in [6.07, 6.45) is 0.838. The van der Waals surface area contributed by atoms with Crippen LogP contribution < -0.4 is 10.2 Å². The fourth-order valence-electron chi connectivity index (χ4n) is 2.86. The number of nitrogens with one attached hydrogen (secondary N) is 1. The number of aliphatic carboxylic acids is 1. The van der Waals surface area contributed by atoms with Gasteiger partial charge in [0.2, 0.25) is 11.8 Å². The molecule has 2 rings (SSSR count). The van der Waals surface area contributed by atoms with Gasteiger partial charge in [0.1, 0.15) is 0 Å². The molecule has 1 fully saturated rings. The fraction of sp³-hybridized carbons (Fsp3) is 0.471. The average molecular weight is 318 g/mol. The molecule has 0 aliphatic carbocycles. The SMILES string of the molecule is CCc1ccccc1N1CC(C(=O)NC(C)CC(=O)O)CC1=O. The van der Waals surface area contributed by atoms with E-state index in [2.05, 4.69) is 5.32 Å². The lowest BCUT2D eigenvalue weighted by atomic mass is 10.1. The van der Waals surface area contributed by atoms with Crippen molar-refractivity contribution in [2.24, 2.45) is 5.92 Å². The van der Waals surface area contributed by atoms with Crippen LogP contribution in [-0.2, 0) is 20.8 Å². The first-order valence-electron chi connectivity index (χ1n) is 7.82. The van der Waals surface area contributed by atoms with E-state index in [1.807, 2.05) is 31.2 Å². The van der Waals surface area contributed by atoms with E-state index in [-0.39, 0.29) is 24.7 Å². The van der Waals surface area contributed by atoms with E-state index in [9.17, 15) is 14.4 Å². The molecule has 2 atom stereocenters. The third-order valence-electron chi connectivity index (χ3n) is 4.03. The number of amides is 2. The summed E-state index contributed by atoms with van der Waals surface area (Å²) in [6.45, 7) is 4.01. The van der Waals surface area contributed by atoms with E-state index in [0.717, 1.165) is 17.7 Å². The number of carbonyl (C=O) groups excluding carboxylic acids is 2. The molecule has 0 bridgehead atoms. The molecular formula is C17H22N2O4. The summed E-state index contributed by atoms with van der Waals surface area (Å²) in [7, 11) is 0. The Bertz CT molecular complexity index is 614. The van der Waals surface area contributed by atoms with Gasteiger partial charge in [0, 0.05) is 24.7 Å². The molecular weight excluding hydrogens is 296 g/mol. The highest BCUT2D eigenvalue weighted by Crippen LogP contribution is 2.28. The van der Waals surface area contributed by atoms with Crippen molar-refractivity contribution < 1.29 is 19.5 Å². The van der Waals surface area contributed by atoms with Gasteiger partial charge in [-0.05, 0) is 25.0 Å². The lowest BCUT2D eigenvalue weighted by Crippen LogP contribution is -2.39. The van der Waals surface area contributed by atoms with Gasteiger partial charge in [0.25, 0.3) is 0 Å². The van der Waals surface area contributed by atoms with E-state index in [1.54, 1.807) is 11.8 Å². The van der Waals surface area contributed by atoms with E-state index in [1.165, 1.54) is 0 Å². The molecule has 124 valence electrons. The molecule has 1 heterocycles. The zero-order chi connectivity index (χ0) is 17.0. The highest BCUT2D eigenvalue weighted by molar-refractivity contribution is 6.00. The maximum Gasteiger partial charge on any atom is 0.305 e. The van der Waals surface area contributed by atoms with Crippen molar-refractivity contribution in [3.63, 3.8) is 0 Å². The second-order valence-corrected chi connectivity index (χ2v) is 5.90. The summed E-state index contributed by atoms with van der Waals surface area (Å²) in [4.78, 5) is 36.8. The molecule has 0 radical (unpaired) electrons. The molecule has 0 aromatic heterocycles. The van der Waals surface area contributed by atoms with Crippen LogP contribution in [0.15, 0.2) is 24.3 Å². The van der Waals surface area contributed by atoms with Crippen molar-refractivity contribution in [3.8, 4) is 0 Å². The van der Waals surface area contributed by atoms with Crippen LogP contribution in [0.5, 0.6) is 0 Å². The zero-order valence-electron chi connectivity index (χ0n) is 13.4. The zero-order valence-corrected chi connectivity index (χ0v) is 13.4. The quantitative estimate of drug-likeness (QED) is 0.834. The first-order valence-corrected chi connectivity index (χ1v) is 7.82. The highest BCUT2D eigenvalue weighted by atomic mass is 16.4. The Balaban J connectivity index is 2.05. The summed E-state index contributed by atoms with van der Waals surface area (Å²) in [5.74, 6) is -1.73. The lowest BCUT2D eigenvalue weighted by molar-refractivity contribution is -0.137. The van der Waals surface area contributed by atoms with Gasteiger partial charge < -0.3 is 15.3 Å². The summed E-state index contributed by atoms with van der Waals surface area (Å²) in [5, 5.41) is 11.4. The van der Waals surface area contributed by atoms with Crippen LogP contribution in [0.1, 0.15) is 32.3 Å². The van der Waals surface area contributed by atoms with Crippen LogP contribution in [0.4, 0.5) is 5.69 Å². The summed E-state index contributed by atoms with van der Waals surface area (Å²) in [6, 6.07) is 7.23. The molecule has 1 aliphatic heterocycles. The van der Waals surface area contributed by atoms with Crippen LogP contribution in [0.25, 0.3) is 0 Å². The van der Waals surface area contributed by atoms with Crippen LogP contribution >= 0.6 is 0 Å². The third-order valence-corrected chi connectivity index (χ3v) is 4.03. The molecule has 6 heteroatoms. The second kappa shape index (κ2) is 7.26. The number of carboxylic acids is 1. The number of hydrogen-bond acceptors (Lipinski definition) is 3. The minimum Gasteiger partial charge on any atom is -0.481 e. The Hall–Kier alpha value is -2.37. The number of nitrogens with zero attached hydrogens (tertiary/aromatic N) is 1. The number of carbonyl (C=O) groups is 3. The van der Waals surface area contributed by atoms with Gasteiger partial charge in [-0.25, -0.2) is 0 Å². The minimum atomic E-state index is -0.959. The van der Waals surface area contributed by atoms with Gasteiger partial charge in [-0.15, -0.1) is 0 Å². The largest absolute Gasteiger partial charge is 0.481 e. The molecule has 6 nitrogen and oxygen atoms in total. The van der Waals surface area contributed by atoms with Gasteiger partial charge >= 0.3 is 5.97 Å². The Morgan fingerprint density at radius 2 is 2.09 bits per heavy atom. The number of para-hydroxylation sites is 1. The predicted molar refractivity (Wildman–Crippen MR) is 86.1 cm³/mol. The van der Waals surface area contributed by atoms with E-state index in [0.29, 0.717) is 6.54 Å². The van der Waals surface area contributed by atoms with Gasteiger partial charge in [-0.3, -0.25) is 14.4 Å². The van der Waals surface area contributed by atoms with Crippen LogP contribution in [0, 0.1) is 5.92 Å². The van der Waals surface area contributed by atoms with Gasteiger partial charge in [-0.1, -0.05) is 25.1 Å². The average Bonchev–Trinajstić information content (AvgIpc) is 2.88. The molecule has 1 aromatic rings. The van der Waals surface area contributed by atoms with Crippen molar-refractivity contribution in [3.05, 3.63) is 29.8 Å². The second-order valence-electron chi connectivity index (χ2n) is 5.90. The van der Waals surface area contributed by atoms with Crippen LogP contribution in [0.2, 0.25) is 0 Å². The maximum atomic E-state index is 12.3. The molecule has 23 heavy (non-hydrogen) atoms. The maximum absolute atomic E-state index is 12.3. The Morgan fingerprint density at radius 3 is 2.74 bits per heavy atom. The Morgan fingerprint density at radius 1 is 1.39 bits per heavy atom. The summed E-state index contributed by atoms with van der Waals surface area (Å²) < 4.78 is 0. The van der Waals surface area contributed by atoms with Crippen molar-refractivity contribution >= 4 is 23.5 Å². The van der Waals surface area contributed by atoms with Gasteiger partial charge in [0.15, 0.2) is 0 Å². The van der Waals surface area contributed by atoms with E-state index >= 15 is 0 Å². The number of anilines is 1. The van der Waals surface area contributed by atoms with Crippen molar-refractivity contribution in [1.29, 1.82) is 0 Å². The van der Waals surface area contributed by atoms with E-state index in [4.69, 9.17) is 5.11 Å². The standard InChI is InChI=1S/C17H22N2O4/c1-3-12-6-4-5-7-14(12)19-10-13(9-15(19)20)17(23)18-11(2)8-16(21)22/h4-7,11,13H,3,8-10H2,1-2H3,(H,18,23)(H,21,22). The summed E-state index contributed by atoms with van der Waals surface area (Å²) in [5.41, 5.74) is 1.93. The minimum absolute atomic E-state index is 0.0723. The molecule has 2 unspecified atom stereocenters. The number of rotatable bonds is 6. The van der Waals surface area contributed by atoms with Crippen LogP contribution in [0.3, 0.4) is 0 Å². The van der Waals surface area contributed by atoms with Crippen molar-refractivity contribution in [2.75, 3.05) is 11.4 Å². The molecule has 0 spiro atoms. The Kier molecular flexibility index (Phi) is 5.36. The third kappa shape index (κ3) is 4.09. The first kappa shape index (κ1) is 17.0. The molecule has 2 N–H and O–H groups in total. The molecule has 0 saturated carbocycles. The normalized spacial score (nSPS) is 18.8. The highest BCUT2D eigenvalue weighted by Gasteiger charge is 2.36. The fourth-order valence-corrected chi connectivity index (χ4v) is 2.86. The number of carboxylic acid groups (broad SMARTS) is 1. The van der Waals surface area contributed by atoms with Crippen LogP contribution in [-0.4, -0.2) is 35.5 Å². The number of hydrogen-bond donors (Lipinski definition) is 2. The smallest absolute Gasteiger partial charge is 0.305 e. The molecule has 1 aromatic carbocycles. The Labute approximate surface area is 135 Å². The van der Waals surface area contributed by atoms with Crippen molar-refractivity contribution in [1.82, 2.24) is 5.32 Å². The molecule has 1 aliphatic rings. The predicted octanol–water partition coefficient (Wildman–Crippen LogP) is 1.58. The van der Waals surface area contributed by atoms with Crippen molar-refractivity contribution in [2.45, 2.75) is 39.2 Å². The monoisotopic (exact) mass is 318 g/mol. The lowest BCUT2D eigenvalue weighted by Gasteiger charge is -2.20.